The molecule has 21 heavy (non-hydrogen) atoms. The van der Waals surface area contributed by atoms with Crippen LogP contribution in [0.4, 0.5) is 0 Å². The van der Waals surface area contributed by atoms with Crippen molar-refractivity contribution in [2.24, 2.45) is 11.3 Å². The maximum absolute atomic E-state index is 9.84. The van der Waals surface area contributed by atoms with E-state index in [1.165, 1.54) is 11.3 Å². The van der Waals surface area contributed by atoms with Crippen LogP contribution < -0.4 is 0 Å². The van der Waals surface area contributed by atoms with Crippen LogP contribution in [0.25, 0.3) is 0 Å². The number of aryl methyl sites for hydroxylation is 1. The minimum Gasteiger partial charge on any atom is -0.396 e. The van der Waals surface area contributed by atoms with Crippen LogP contribution >= 0.6 is 0 Å². The van der Waals surface area contributed by atoms with Gasteiger partial charge in [-0.05, 0) is 25.7 Å². The van der Waals surface area contributed by atoms with Gasteiger partial charge in [-0.1, -0.05) is 6.92 Å². The summed E-state index contributed by atoms with van der Waals surface area (Å²) in [6.45, 7) is 10.1. The van der Waals surface area contributed by atoms with Crippen LogP contribution in [0.3, 0.4) is 0 Å². The second-order valence-corrected chi connectivity index (χ2v) is 6.71. The molecule has 3 rings (SSSR count). The number of hydrogen-bond acceptors (Lipinski definition) is 4. The van der Waals surface area contributed by atoms with Crippen LogP contribution in [0.1, 0.15) is 31.0 Å². The second-order valence-electron chi connectivity index (χ2n) is 6.71. The van der Waals surface area contributed by atoms with Crippen molar-refractivity contribution in [3.05, 3.63) is 17.5 Å². The van der Waals surface area contributed by atoms with Crippen molar-refractivity contribution in [3.63, 3.8) is 0 Å². The molecule has 2 atom stereocenters. The minimum absolute atomic E-state index is 0.0361. The molecular weight excluding hydrogens is 266 g/mol. The molecule has 2 aliphatic heterocycles. The molecule has 1 N–H and O–H groups in total. The van der Waals surface area contributed by atoms with Crippen LogP contribution in [0, 0.1) is 18.3 Å². The van der Waals surface area contributed by atoms with Crippen LogP contribution in [-0.4, -0.2) is 52.7 Å². The number of aliphatic hydroxyl groups excluding tert-OH is 1. The normalized spacial score (nSPS) is 29.8. The molecule has 0 aromatic carbocycles. The molecule has 0 spiro atoms. The average molecular weight is 293 g/mol. The minimum atomic E-state index is -0.0361. The highest BCUT2D eigenvalue weighted by Gasteiger charge is 2.48. The van der Waals surface area contributed by atoms with E-state index in [4.69, 9.17) is 4.74 Å². The van der Waals surface area contributed by atoms with Crippen LogP contribution in [-0.2, 0) is 17.8 Å². The Morgan fingerprint density at radius 1 is 1.52 bits per heavy atom. The van der Waals surface area contributed by atoms with Gasteiger partial charge in [0.05, 0.1) is 19.4 Å². The van der Waals surface area contributed by atoms with Gasteiger partial charge in [0, 0.05) is 49.5 Å². The zero-order valence-electron chi connectivity index (χ0n) is 13.2. The zero-order valence-corrected chi connectivity index (χ0v) is 13.2. The third kappa shape index (κ3) is 2.74. The lowest BCUT2D eigenvalue weighted by Crippen LogP contribution is -2.42. The molecule has 2 fully saturated rings. The van der Waals surface area contributed by atoms with Gasteiger partial charge in [0.15, 0.2) is 0 Å². The Bertz CT molecular complexity index is 488. The van der Waals surface area contributed by atoms with E-state index in [-0.39, 0.29) is 12.0 Å². The number of rotatable bonds is 5. The Hall–Kier alpha value is -0.910. The van der Waals surface area contributed by atoms with Crippen LogP contribution in [0.5, 0.6) is 0 Å². The van der Waals surface area contributed by atoms with Crippen LogP contribution in [0.2, 0.25) is 0 Å². The van der Waals surface area contributed by atoms with Crippen molar-refractivity contribution in [3.8, 4) is 0 Å². The Labute approximate surface area is 126 Å². The predicted molar refractivity (Wildman–Crippen MR) is 81.0 cm³/mol. The van der Waals surface area contributed by atoms with Crippen molar-refractivity contribution in [2.45, 2.75) is 39.8 Å². The largest absolute Gasteiger partial charge is 0.396 e. The van der Waals surface area contributed by atoms with E-state index < -0.39 is 0 Å². The predicted octanol–water partition coefficient (Wildman–Crippen LogP) is 1.43. The number of likely N-dealkylation sites (tertiary alicyclic amines) is 1. The second kappa shape index (κ2) is 6.07. The highest BCUT2D eigenvalue weighted by Crippen LogP contribution is 2.41. The molecular formula is C16H27N3O2. The summed E-state index contributed by atoms with van der Waals surface area (Å²) in [5, 5.41) is 14.3. The first-order chi connectivity index (χ1) is 10.2. The lowest BCUT2D eigenvalue weighted by Gasteiger charge is -2.36. The third-order valence-corrected chi connectivity index (χ3v) is 5.23. The van der Waals surface area contributed by atoms with E-state index in [9.17, 15) is 5.11 Å². The van der Waals surface area contributed by atoms with E-state index in [1.54, 1.807) is 0 Å². The lowest BCUT2D eigenvalue weighted by molar-refractivity contribution is -0.0561. The summed E-state index contributed by atoms with van der Waals surface area (Å²) in [6, 6.07) is 0. The number of hydrogen-bond donors (Lipinski definition) is 1. The van der Waals surface area contributed by atoms with Gasteiger partial charge in [-0.2, -0.15) is 5.10 Å². The van der Waals surface area contributed by atoms with Crippen molar-refractivity contribution >= 4 is 0 Å². The SMILES string of the molecule is CCCn1ncc(CN2C[C@@H]3CCOC[C@]3(CO)C2)c1C. The maximum atomic E-state index is 9.84. The third-order valence-electron chi connectivity index (χ3n) is 5.23. The molecule has 118 valence electrons. The van der Waals surface area contributed by atoms with Gasteiger partial charge in [-0.3, -0.25) is 9.58 Å². The standard InChI is InChI=1S/C16H27N3O2/c1-3-5-19-13(2)14(7-17-19)8-18-9-15-4-6-21-12-16(15,10-18)11-20/h7,15,20H,3-6,8-12H2,1-2H3/t15-,16+/m0/s1. The molecule has 1 aromatic rings. The summed E-state index contributed by atoms with van der Waals surface area (Å²) < 4.78 is 7.73. The van der Waals surface area contributed by atoms with E-state index in [0.29, 0.717) is 12.5 Å². The molecule has 2 aliphatic rings. The van der Waals surface area contributed by atoms with Gasteiger partial charge in [0.25, 0.3) is 0 Å². The first-order valence-electron chi connectivity index (χ1n) is 8.11. The average Bonchev–Trinajstić information content (AvgIpc) is 3.03. The number of aromatic nitrogens is 2. The highest BCUT2D eigenvalue weighted by molar-refractivity contribution is 5.16. The molecule has 3 heterocycles. The molecule has 0 bridgehead atoms. The summed E-state index contributed by atoms with van der Waals surface area (Å²) in [4.78, 5) is 2.47. The zero-order chi connectivity index (χ0) is 14.9. The Kier molecular flexibility index (Phi) is 4.33. The smallest absolute Gasteiger partial charge is 0.0559 e. The van der Waals surface area contributed by atoms with Crippen LogP contribution in [0.15, 0.2) is 6.20 Å². The molecule has 2 saturated heterocycles. The Morgan fingerprint density at radius 2 is 2.38 bits per heavy atom. The van der Waals surface area contributed by atoms with Crippen molar-refractivity contribution in [1.82, 2.24) is 14.7 Å². The molecule has 5 nitrogen and oxygen atoms in total. The number of ether oxygens (including phenoxy) is 1. The van der Waals surface area contributed by atoms with Gasteiger partial charge in [-0.15, -0.1) is 0 Å². The summed E-state index contributed by atoms with van der Waals surface area (Å²) >= 11 is 0. The van der Waals surface area contributed by atoms with E-state index >= 15 is 0 Å². The Morgan fingerprint density at radius 3 is 3.10 bits per heavy atom. The maximum Gasteiger partial charge on any atom is 0.0559 e. The fourth-order valence-corrected chi connectivity index (χ4v) is 3.87. The fraction of sp³-hybridized carbons (Fsp3) is 0.812. The van der Waals surface area contributed by atoms with Gasteiger partial charge < -0.3 is 9.84 Å². The molecule has 0 amide bonds. The quantitative estimate of drug-likeness (QED) is 0.892. The van der Waals surface area contributed by atoms with Gasteiger partial charge in [-0.25, -0.2) is 0 Å². The first kappa shape index (κ1) is 15.0. The molecule has 0 radical (unpaired) electrons. The van der Waals surface area contributed by atoms with E-state index in [1.807, 2.05) is 6.20 Å². The van der Waals surface area contributed by atoms with E-state index in [2.05, 4.69) is 28.5 Å². The van der Waals surface area contributed by atoms with E-state index in [0.717, 1.165) is 45.6 Å². The summed E-state index contributed by atoms with van der Waals surface area (Å²) in [7, 11) is 0. The topological polar surface area (TPSA) is 50.5 Å². The molecule has 0 aliphatic carbocycles. The molecule has 0 unspecified atom stereocenters. The number of aliphatic hydroxyl groups is 1. The summed E-state index contributed by atoms with van der Waals surface area (Å²) in [5.74, 6) is 0.572. The van der Waals surface area contributed by atoms with Gasteiger partial charge in [0.1, 0.15) is 0 Å². The van der Waals surface area contributed by atoms with Crippen molar-refractivity contribution in [1.29, 1.82) is 0 Å². The fourth-order valence-electron chi connectivity index (χ4n) is 3.87. The Balaban J connectivity index is 1.69. The molecule has 1 aromatic heterocycles. The summed E-state index contributed by atoms with van der Waals surface area (Å²) in [5.41, 5.74) is 2.56. The summed E-state index contributed by atoms with van der Waals surface area (Å²) in [6.07, 6.45) is 4.19. The van der Waals surface area contributed by atoms with Gasteiger partial charge >= 0.3 is 0 Å². The first-order valence-corrected chi connectivity index (χ1v) is 8.11. The highest BCUT2D eigenvalue weighted by atomic mass is 16.5. The van der Waals surface area contributed by atoms with Gasteiger partial charge in [0.2, 0.25) is 0 Å². The molecule has 0 saturated carbocycles. The number of fused-ring (bicyclic) bond motifs is 1. The van der Waals surface area contributed by atoms with Crippen molar-refractivity contribution < 1.29 is 9.84 Å². The number of nitrogens with zero attached hydrogens (tertiary/aromatic N) is 3. The molecule has 5 heteroatoms. The van der Waals surface area contributed by atoms with Crippen molar-refractivity contribution in [2.75, 3.05) is 32.9 Å². The monoisotopic (exact) mass is 293 g/mol. The lowest BCUT2D eigenvalue weighted by atomic mass is 9.76.